The second-order valence-electron chi connectivity index (χ2n) is 5.95. The van der Waals surface area contributed by atoms with Crippen LogP contribution in [0.2, 0.25) is 0 Å². The van der Waals surface area contributed by atoms with Crippen molar-refractivity contribution in [2.45, 2.75) is 13.0 Å². The van der Waals surface area contributed by atoms with Crippen LogP contribution in [-0.4, -0.2) is 25.5 Å². The summed E-state index contributed by atoms with van der Waals surface area (Å²) >= 11 is 3.39. The number of benzene rings is 2. The summed E-state index contributed by atoms with van der Waals surface area (Å²) in [6.07, 6.45) is 0.234. The summed E-state index contributed by atoms with van der Waals surface area (Å²) in [5.74, 6) is 0.283. The van der Waals surface area contributed by atoms with Crippen molar-refractivity contribution in [1.82, 2.24) is 5.32 Å². The molecule has 2 aromatic rings. The van der Waals surface area contributed by atoms with Gasteiger partial charge in [-0.05, 0) is 42.0 Å². The van der Waals surface area contributed by atoms with Crippen LogP contribution in [0.4, 0.5) is 5.69 Å². The van der Waals surface area contributed by atoms with Gasteiger partial charge < -0.3 is 15.0 Å². The smallest absolute Gasteiger partial charge is 0.227 e. The van der Waals surface area contributed by atoms with Crippen LogP contribution in [-0.2, 0) is 16.1 Å². The number of carbonyl (C=O) groups is 2. The van der Waals surface area contributed by atoms with Gasteiger partial charge in [0, 0.05) is 29.7 Å². The molecule has 1 saturated heterocycles. The van der Waals surface area contributed by atoms with Gasteiger partial charge in [0.15, 0.2) is 0 Å². The highest BCUT2D eigenvalue weighted by atomic mass is 79.9. The maximum Gasteiger partial charge on any atom is 0.227 e. The van der Waals surface area contributed by atoms with E-state index in [2.05, 4.69) is 21.2 Å². The molecule has 1 N–H and O–H groups in total. The number of carbonyl (C=O) groups excluding carboxylic acids is 2. The number of ether oxygens (including phenoxy) is 1. The predicted octanol–water partition coefficient (Wildman–Crippen LogP) is 3.13. The van der Waals surface area contributed by atoms with E-state index >= 15 is 0 Å². The summed E-state index contributed by atoms with van der Waals surface area (Å²) in [6, 6.07) is 15.1. The molecule has 0 radical (unpaired) electrons. The summed E-state index contributed by atoms with van der Waals surface area (Å²) in [6.45, 7) is 0.858. The molecular formula is C19H19BrN2O3. The normalized spacial score (nSPS) is 16.8. The molecule has 6 heteroatoms. The van der Waals surface area contributed by atoms with Crippen LogP contribution in [0.3, 0.4) is 0 Å². The first-order valence-electron chi connectivity index (χ1n) is 8.03. The van der Waals surface area contributed by atoms with Crippen molar-refractivity contribution < 1.29 is 14.3 Å². The van der Waals surface area contributed by atoms with Crippen LogP contribution >= 0.6 is 15.9 Å². The Labute approximate surface area is 155 Å². The summed E-state index contributed by atoms with van der Waals surface area (Å²) in [5.41, 5.74) is 1.81. The summed E-state index contributed by atoms with van der Waals surface area (Å²) in [5, 5.41) is 2.92. The summed E-state index contributed by atoms with van der Waals surface area (Å²) in [4.78, 5) is 26.3. The van der Waals surface area contributed by atoms with Gasteiger partial charge in [0.1, 0.15) is 5.75 Å². The van der Waals surface area contributed by atoms with E-state index in [1.807, 2.05) is 48.5 Å². The molecule has 1 fully saturated rings. The lowest BCUT2D eigenvalue weighted by Crippen LogP contribution is -2.32. The van der Waals surface area contributed by atoms with Crippen LogP contribution in [0, 0.1) is 5.92 Å². The fourth-order valence-corrected chi connectivity index (χ4v) is 3.10. The lowest BCUT2D eigenvalue weighted by Gasteiger charge is -2.17. The third-order valence-corrected chi connectivity index (χ3v) is 4.79. The first-order chi connectivity index (χ1) is 12.1. The van der Waals surface area contributed by atoms with Gasteiger partial charge in [-0.15, -0.1) is 0 Å². The topological polar surface area (TPSA) is 58.6 Å². The number of anilines is 1. The third kappa shape index (κ3) is 4.20. The Bertz CT molecular complexity index is 759. The first kappa shape index (κ1) is 17.5. The Balaban J connectivity index is 1.59. The van der Waals surface area contributed by atoms with Gasteiger partial charge in [-0.2, -0.15) is 0 Å². The van der Waals surface area contributed by atoms with Gasteiger partial charge >= 0.3 is 0 Å². The molecule has 0 aliphatic carbocycles. The van der Waals surface area contributed by atoms with E-state index in [9.17, 15) is 9.59 Å². The van der Waals surface area contributed by atoms with E-state index < -0.39 is 0 Å². The zero-order chi connectivity index (χ0) is 17.8. The molecule has 1 atom stereocenters. The van der Waals surface area contributed by atoms with Gasteiger partial charge in [0.25, 0.3) is 0 Å². The highest BCUT2D eigenvalue weighted by Crippen LogP contribution is 2.27. The number of nitrogens with zero attached hydrogens (tertiary/aromatic N) is 1. The second-order valence-corrected chi connectivity index (χ2v) is 6.86. The number of hydrogen-bond donors (Lipinski definition) is 1. The van der Waals surface area contributed by atoms with Crippen LogP contribution in [0.5, 0.6) is 5.75 Å². The van der Waals surface area contributed by atoms with Crippen LogP contribution in [0.25, 0.3) is 0 Å². The standard InChI is InChI=1S/C19H19BrN2O3/c1-25-17-8-6-16(7-9-17)22-12-14(10-18(22)23)19(24)21-11-13-2-4-15(20)5-3-13/h2-9,14H,10-12H2,1H3,(H,21,24). The second kappa shape index (κ2) is 7.70. The third-order valence-electron chi connectivity index (χ3n) is 4.26. The number of halogens is 1. The molecule has 1 heterocycles. The maximum atomic E-state index is 12.4. The lowest BCUT2D eigenvalue weighted by molar-refractivity contribution is -0.126. The number of amides is 2. The number of nitrogens with one attached hydrogen (secondary N) is 1. The predicted molar refractivity (Wildman–Crippen MR) is 99.4 cm³/mol. The Morgan fingerprint density at radius 1 is 1.20 bits per heavy atom. The molecule has 5 nitrogen and oxygen atoms in total. The van der Waals surface area contributed by atoms with Gasteiger partial charge in [-0.1, -0.05) is 28.1 Å². The van der Waals surface area contributed by atoms with Crippen molar-refractivity contribution in [3.63, 3.8) is 0 Å². The SMILES string of the molecule is COc1ccc(N2CC(C(=O)NCc3ccc(Br)cc3)CC2=O)cc1. The Morgan fingerprint density at radius 3 is 2.52 bits per heavy atom. The first-order valence-corrected chi connectivity index (χ1v) is 8.82. The average Bonchev–Trinajstić information content (AvgIpc) is 3.03. The van der Waals surface area contributed by atoms with Gasteiger partial charge in [-0.3, -0.25) is 9.59 Å². The monoisotopic (exact) mass is 402 g/mol. The van der Waals surface area contributed by atoms with E-state index in [4.69, 9.17) is 4.74 Å². The van der Waals surface area contributed by atoms with E-state index in [1.165, 1.54) is 0 Å². The van der Waals surface area contributed by atoms with E-state index in [0.29, 0.717) is 13.1 Å². The van der Waals surface area contributed by atoms with Crippen LogP contribution in [0.15, 0.2) is 53.0 Å². The summed E-state index contributed by atoms with van der Waals surface area (Å²) in [7, 11) is 1.60. The molecule has 0 bridgehead atoms. The quantitative estimate of drug-likeness (QED) is 0.835. The number of hydrogen-bond acceptors (Lipinski definition) is 3. The van der Waals surface area contributed by atoms with Crippen LogP contribution in [0.1, 0.15) is 12.0 Å². The van der Waals surface area contributed by atoms with Crippen molar-refractivity contribution in [1.29, 1.82) is 0 Å². The Kier molecular flexibility index (Phi) is 5.38. The molecule has 0 aromatic heterocycles. The van der Waals surface area contributed by atoms with Crippen molar-refractivity contribution in [3.8, 4) is 5.75 Å². The van der Waals surface area contributed by atoms with E-state index in [0.717, 1.165) is 21.5 Å². The zero-order valence-electron chi connectivity index (χ0n) is 13.9. The zero-order valence-corrected chi connectivity index (χ0v) is 15.5. The molecule has 130 valence electrons. The van der Waals surface area contributed by atoms with Crippen molar-refractivity contribution in [2.75, 3.05) is 18.6 Å². The molecule has 0 spiro atoms. The lowest BCUT2D eigenvalue weighted by atomic mass is 10.1. The summed E-state index contributed by atoms with van der Waals surface area (Å²) < 4.78 is 6.13. The fourth-order valence-electron chi connectivity index (χ4n) is 2.83. The molecule has 1 unspecified atom stereocenters. The van der Waals surface area contributed by atoms with E-state index in [-0.39, 0.29) is 24.2 Å². The molecule has 1 aliphatic heterocycles. The molecule has 25 heavy (non-hydrogen) atoms. The number of rotatable bonds is 5. The largest absolute Gasteiger partial charge is 0.497 e. The Hall–Kier alpha value is -2.34. The average molecular weight is 403 g/mol. The van der Waals surface area contributed by atoms with Gasteiger partial charge in [0.2, 0.25) is 11.8 Å². The van der Waals surface area contributed by atoms with Crippen molar-refractivity contribution in [3.05, 3.63) is 58.6 Å². The molecule has 2 aromatic carbocycles. The highest BCUT2D eigenvalue weighted by Gasteiger charge is 2.34. The van der Waals surface area contributed by atoms with Crippen molar-refractivity contribution >= 4 is 33.4 Å². The fraction of sp³-hybridized carbons (Fsp3) is 0.263. The minimum Gasteiger partial charge on any atom is -0.497 e. The molecule has 1 aliphatic rings. The van der Waals surface area contributed by atoms with Gasteiger partial charge in [-0.25, -0.2) is 0 Å². The molecule has 0 saturated carbocycles. The van der Waals surface area contributed by atoms with Gasteiger partial charge in [0.05, 0.1) is 13.0 Å². The minimum absolute atomic E-state index is 0.0334. The minimum atomic E-state index is -0.329. The van der Waals surface area contributed by atoms with Crippen LogP contribution < -0.4 is 15.0 Å². The Morgan fingerprint density at radius 2 is 1.88 bits per heavy atom. The highest BCUT2D eigenvalue weighted by molar-refractivity contribution is 9.10. The molecule has 2 amide bonds. The van der Waals surface area contributed by atoms with Crippen molar-refractivity contribution in [2.24, 2.45) is 5.92 Å². The molecule has 3 rings (SSSR count). The maximum absolute atomic E-state index is 12.4. The molecular weight excluding hydrogens is 384 g/mol. The number of methoxy groups -OCH3 is 1. The van der Waals surface area contributed by atoms with E-state index in [1.54, 1.807) is 12.0 Å².